The van der Waals surface area contributed by atoms with E-state index in [1.807, 2.05) is 91.9 Å². The zero-order valence-corrected chi connectivity index (χ0v) is 18.4. The number of carbonyl (C=O) groups excluding carboxylic acids is 2. The van der Waals surface area contributed by atoms with Gasteiger partial charge in [-0.15, -0.1) is 0 Å². The number of nitrogens with one attached hydrogen (secondary N) is 2. The molecule has 7 nitrogen and oxygen atoms in total. The molecule has 1 heterocycles. The van der Waals surface area contributed by atoms with Crippen molar-refractivity contribution in [3.63, 3.8) is 0 Å². The molecule has 0 bridgehead atoms. The molecule has 0 saturated carbocycles. The van der Waals surface area contributed by atoms with Crippen LogP contribution in [0, 0.1) is 0 Å². The Labute approximate surface area is 192 Å². The summed E-state index contributed by atoms with van der Waals surface area (Å²) in [4.78, 5) is 25.9. The fourth-order valence-electron chi connectivity index (χ4n) is 3.59. The van der Waals surface area contributed by atoms with Crippen LogP contribution in [0.15, 0.2) is 84.9 Å². The molecule has 4 aromatic rings. The van der Waals surface area contributed by atoms with Gasteiger partial charge in [-0.25, -0.2) is 14.3 Å². The lowest BCUT2D eigenvalue weighted by atomic mass is 10.1. The van der Waals surface area contributed by atoms with Gasteiger partial charge < -0.3 is 15.4 Å². The third-order valence-corrected chi connectivity index (χ3v) is 5.20. The lowest BCUT2D eigenvalue weighted by Crippen LogP contribution is -2.22. The second kappa shape index (κ2) is 9.82. The number of rotatable bonds is 6. The highest BCUT2D eigenvalue weighted by atomic mass is 16.5. The molecule has 33 heavy (non-hydrogen) atoms. The maximum absolute atomic E-state index is 13.0. The van der Waals surface area contributed by atoms with Crippen molar-refractivity contribution in [1.82, 2.24) is 9.78 Å². The molecule has 166 valence electrons. The highest BCUT2D eigenvalue weighted by Gasteiger charge is 2.27. The maximum atomic E-state index is 13.0. The third-order valence-electron chi connectivity index (χ3n) is 5.20. The van der Waals surface area contributed by atoms with Crippen LogP contribution in [0.2, 0.25) is 0 Å². The fraction of sp³-hybridized carbons (Fsp3) is 0.115. The second-order valence-corrected chi connectivity index (χ2v) is 7.27. The molecule has 0 atom stereocenters. The second-order valence-electron chi connectivity index (χ2n) is 7.27. The largest absolute Gasteiger partial charge is 0.464 e. The topological polar surface area (TPSA) is 85.3 Å². The normalized spacial score (nSPS) is 10.5. The molecule has 3 aromatic carbocycles. The molecule has 0 spiro atoms. The number of anilines is 2. The van der Waals surface area contributed by atoms with E-state index in [-0.39, 0.29) is 11.4 Å². The van der Waals surface area contributed by atoms with Gasteiger partial charge in [-0.3, -0.25) is 0 Å². The molecule has 0 unspecified atom stereocenters. The molecular weight excluding hydrogens is 416 g/mol. The summed E-state index contributed by atoms with van der Waals surface area (Å²) in [6, 6.07) is 25.7. The van der Waals surface area contributed by atoms with Crippen LogP contribution in [0.4, 0.5) is 16.2 Å². The van der Waals surface area contributed by atoms with E-state index in [0.717, 1.165) is 17.5 Å². The Kier molecular flexibility index (Phi) is 6.50. The molecule has 0 aliphatic carbocycles. The minimum absolute atomic E-state index is 0.126. The van der Waals surface area contributed by atoms with E-state index in [9.17, 15) is 9.59 Å². The Hall–Kier alpha value is -4.39. The summed E-state index contributed by atoms with van der Waals surface area (Å²) in [6.07, 6.45) is 0.769. The number of amides is 2. The first-order chi connectivity index (χ1) is 16.1. The van der Waals surface area contributed by atoms with E-state index in [2.05, 4.69) is 15.7 Å². The van der Waals surface area contributed by atoms with Gasteiger partial charge in [0, 0.05) is 11.3 Å². The van der Waals surface area contributed by atoms with E-state index < -0.39 is 12.0 Å². The maximum Gasteiger partial charge on any atom is 0.359 e. The van der Waals surface area contributed by atoms with Gasteiger partial charge in [0.2, 0.25) is 0 Å². The van der Waals surface area contributed by atoms with Gasteiger partial charge >= 0.3 is 12.0 Å². The van der Waals surface area contributed by atoms with Crippen molar-refractivity contribution in [2.75, 3.05) is 17.7 Å². The fourth-order valence-corrected chi connectivity index (χ4v) is 3.59. The molecule has 4 rings (SSSR count). The number of urea groups is 1. The average molecular weight is 441 g/mol. The number of methoxy groups -OCH3 is 1. The first-order valence-electron chi connectivity index (χ1n) is 10.6. The van der Waals surface area contributed by atoms with Crippen LogP contribution in [0.3, 0.4) is 0 Å². The van der Waals surface area contributed by atoms with E-state index in [1.54, 1.807) is 0 Å². The van der Waals surface area contributed by atoms with Crippen molar-refractivity contribution in [2.24, 2.45) is 0 Å². The molecule has 0 aliphatic heterocycles. The van der Waals surface area contributed by atoms with Gasteiger partial charge in [0.15, 0.2) is 5.69 Å². The van der Waals surface area contributed by atoms with Crippen LogP contribution in [0.5, 0.6) is 0 Å². The molecule has 2 amide bonds. The predicted octanol–water partition coefficient (Wildman–Crippen LogP) is 5.53. The van der Waals surface area contributed by atoms with Crippen LogP contribution < -0.4 is 10.6 Å². The Balaban J connectivity index is 1.82. The van der Waals surface area contributed by atoms with Crippen molar-refractivity contribution in [3.05, 3.63) is 96.2 Å². The van der Waals surface area contributed by atoms with E-state index in [0.29, 0.717) is 17.1 Å². The van der Waals surface area contributed by atoms with Crippen molar-refractivity contribution >= 4 is 23.4 Å². The molecule has 0 radical (unpaired) electrons. The minimum atomic E-state index is -0.613. The molecule has 7 heteroatoms. The zero-order chi connectivity index (χ0) is 23.2. The number of aryl methyl sites for hydroxylation is 1. The third kappa shape index (κ3) is 4.62. The summed E-state index contributed by atoms with van der Waals surface area (Å²) in [6.45, 7) is 2.02. The number of hydrogen-bond acceptors (Lipinski definition) is 4. The zero-order valence-electron chi connectivity index (χ0n) is 18.4. The number of hydrogen-bond donors (Lipinski definition) is 2. The highest BCUT2D eigenvalue weighted by Crippen LogP contribution is 2.33. The van der Waals surface area contributed by atoms with E-state index in [1.165, 1.54) is 11.8 Å². The summed E-state index contributed by atoms with van der Waals surface area (Å²) >= 11 is 0. The van der Waals surface area contributed by atoms with Crippen LogP contribution in [-0.2, 0) is 11.2 Å². The van der Waals surface area contributed by atoms with Gasteiger partial charge in [-0.1, -0.05) is 73.7 Å². The standard InChI is InChI=1S/C26H24N4O3/c1-3-18-12-10-11-17-21(18)27-26(32)28-23-22(19-13-6-4-7-14-19)29-30(24(23)25(31)33-2)20-15-8-5-9-16-20/h4-17H,3H2,1-2H3,(H2,27,28,32). The van der Waals surface area contributed by atoms with Gasteiger partial charge in [-0.2, -0.15) is 5.10 Å². The van der Waals surface area contributed by atoms with E-state index in [4.69, 9.17) is 4.74 Å². The Morgan fingerprint density at radius 3 is 2.18 bits per heavy atom. The van der Waals surface area contributed by atoms with Crippen molar-refractivity contribution < 1.29 is 14.3 Å². The summed E-state index contributed by atoms with van der Waals surface area (Å²) in [7, 11) is 1.30. The number of ether oxygens (including phenoxy) is 1. The first-order valence-corrected chi connectivity index (χ1v) is 10.6. The number of para-hydroxylation sites is 2. The van der Waals surface area contributed by atoms with E-state index >= 15 is 0 Å². The summed E-state index contributed by atoms with van der Waals surface area (Å²) < 4.78 is 6.54. The molecule has 2 N–H and O–H groups in total. The average Bonchev–Trinajstić information content (AvgIpc) is 3.23. The SMILES string of the molecule is CCc1ccccc1NC(=O)Nc1c(-c2ccccc2)nn(-c2ccccc2)c1C(=O)OC. The van der Waals surface area contributed by atoms with Gasteiger partial charge in [0.05, 0.1) is 12.8 Å². The van der Waals surface area contributed by atoms with Gasteiger partial charge in [0.25, 0.3) is 0 Å². The summed E-state index contributed by atoms with van der Waals surface area (Å²) in [5.74, 6) is -0.613. The summed E-state index contributed by atoms with van der Waals surface area (Å²) in [5.41, 5.74) is 3.98. The molecular formula is C26H24N4O3. The first kappa shape index (κ1) is 21.8. The van der Waals surface area contributed by atoms with Gasteiger partial charge in [0.1, 0.15) is 11.4 Å². The Morgan fingerprint density at radius 2 is 1.52 bits per heavy atom. The number of aromatic nitrogens is 2. The highest BCUT2D eigenvalue weighted by molar-refractivity contribution is 6.08. The van der Waals surface area contributed by atoms with Crippen LogP contribution >= 0.6 is 0 Å². The Bertz CT molecular complexity index is 1270. The monoisotopic (exact) mass is 440 g/mol. The minimum Gasteiger partial charge on any atom is -0.464 e. The molecule has 0 aliphatic rings. The van der Waals surface area contributed by atoms with Gasteiger partial charge in [-0.05, 0) is 30.2 Å². The quantitative estimate of drug-likeness (QED) is 0.386. The smallest absolute Gasteiger partial charge is 0.359 e. The lowest BCUT2D eigenvalue weighted by Gasteiger charge is -2.12. The van der Waals surface area contributed by atoms with Crippen molar-refractivity contribution in [2.45, 2.75) is 13.3 Å². The lowest BCUT2D eigenvalue weighted by molar-refractivity contribution is 0.0591. The molecule has 0 saturated heterocycles. The van der Waals surface area contributed by atoms with Crippen molar-refractivity contribution in [1.29, 1.82) is 0 Å². The predicted molar refractivity (Wildman–Crippen MR) is 129 cm³/mol. The molecule has 0 fully saturated rings. The van der Waals surface area contributed by atoms with Crippen LogP contribution in [0.1, 0.15) is 23.0 Å². The summed E-state index contributed by atoms with van der Waals surface area (Å²) in [5, 5.41) is 10.4. The number of nitrogens with zero attached hydrogens (tertiary/aromatic N) is 2. The van der Waals surface area contributed by atoms with Crippen LogP contribution in [-0.4, -0.2) is 28.9 Å². The number of carbonyl (C=O) groups is 2. The number of benzene rings is 3. The molecule has 1 aromatic heterocycles. The Morgan fingerprint density at radius 1 is 0.879 bits per heavy atom. The van der Waals surface area contributed by atoms with Crippen LogP contribution in [0.25, 0.3) is 16.9 Å². The number of esters is 1. The van der Waals surface area contributed by atoms with Crippen molar-refractivity contribution in [3.8, 4) is 16.9 Å².